The van der Waals surface area contributed by atoms with Gasteiger partial charge in [-0.15, -0.1) is 5.10 Å². The molecule has 0 radical (unpaired) electrons. The second-order valence-electron chi connectivity index (χ2n) is 4.25. The molecule has 0 aliphatic rings. The zero-order chi connectivity index (χ0) is 14.8. The number of aliphatic carboxylic acids is 1. The van der Waals surface area contributed by atoms with Gasteiger partial charge in [-0.05, 0) is 12.1 Å². The maximum absolute atomic E-state index is 11.4. The number of benzene rings is 1. The normalized spacial score (nSPS) is 10.7. The third-order valence-corrected chi connectivity index (χ3v) is 2.78. The predicted molar refractivity (Wildman–Crippen MR) is 71.5 cm³/mol. The molecule has 0 aliphatic carbocycles. The molecule has 21 heavy (non-hydrogen) atoms. The Balaban J connectivity index is 1.96. The van der Waals surface area contributed by atoms with Crippen molar-refractivity contribution in [3.05, 3.63) is 52.4 Å². The van der Waals surface area contributed by atoms with E-state index in [2.05, 4.69) is 15.3 Å². The van der Waals surface area contributed by atoms with Gasteiger partial charge in [0.15, 0.2) is 5.65 Å². The fraction of sp³-hybridized carbons (Fsp3) is 0.0769. The van der Waals surface area contributed by atoms with Crippen LogP contribution in [0.1, 0.15) is 5.56 Å². The van der Waals surface area contributed by atoms with Crippen LogP contribution in [0.4, 0.5) is 0 Å². The van der Waals surface area contributed by atoms with E-state index in [9.17, 15) is 9.59 Å². The van der Waals surface area contributed by atoms with E-state index in [0.717, 1.165) is 4.52 Å². The summed E-state index contributed by atoms with van der Waals surface area (Å²) in [5, 5.41) is 18.9. The molecule has 0 amide bonds. The molecule has 2 aromatic heterocycles. The van der Waals surface area contributed by atoms with E-state index < -0.39 is 11.7 Å². The van der Waals surface area contributed by atoms with Crippen molar-refractivity contribution in [2.45, 2.75) is 6.42 Å². The molecule has 0 bridgehead atoms. The van der Waals surface area contributed by atoms with Crippen LogP contribution in [-0.4, -0.2) is 30.9 Å². The first-order valence-corrected chi connectivity index (χ1v) is 6.05. The minimum Gasteiger partial charge on any atom is -0.481 e. The summed E-state index contributed by atoms with van der Waals surface area (Å²) in [5.41, 5.74) is 0.409. The number of ether oxygens (including phenoxy) is 1. The van der Waals surface area contributed by atoms with Crippen LogP contribution in [0.3, 0.4) is 0 Å². The van der Waals surface area contributed by atoms with Gasteiger partial charge >= 0.3 is 11.7 Å². The van der Waals surface area contributed by atoms with Gasteiger partial charge in [-0.2, -0.15) is 9.61 Å². The Bertz CT molecular complexity index is 868. The highest BCUT2D eigenvalue weighted by atomic mass is 16.5. The van der Waals surface area contributed by atoms with E-state index in [1.54, 1.807) is 36.4 Å². The van der Waals surface area contributed by atoms with E-state index in [-0.39, 0.29) is 12.3 Å². The van der Waals surface area contributed by atoms with Crippen molar-refractivity contribution in [3.63, 3.8) is 0 Å². The van der Waals surface area contributed by atoms with E-state index in [4.69, 9.17) is 9.84 Å². The molecule has 8 heteroatoms. The average Bonchev–Trinajstić information content (AvgIpc) is 2.82. The number of para-hydroxylation sites is 1. The Kier molecular flexibility index (Phi) is 3.11. The molecule has 8 nitrogen and oxygen atoms in total. The van der Waals surface area contributed by atoms with Gasteiger partial charge < -0.3 is 9.84 Å². The van der Waals surface area contributed by atoms with Crippen molar-refractivity contribution in [1.82, 2.24) is 19.8 Å². The Morgan fingerprint density at radius 3 is 2.90 bits per heavy atom. The number of nitrogens with one attached hydrogen (secondary N) is 1. The van der Waals surface area contributed by atoms with Crippen molar-refractivity contribution in [3.8, 4) is 11.6 Å². The zero-order valence-electron chi connectivity index (χ0n) is 10.7. The molecule has 2 heterocycles. The van der Waals surface area contributed by atoms with Crippen LogP contribution in [0.15, 0.2) is 41.2 Å². The zero-order valence-corrected chi connectivity index (χ0v) is 10.7. The smallest absolute Gasteiger partial charge is 0.364 e. The van der Waals surface area contributed by atoms with Gasteiger partial charge in [0.25, 0.3) is 0 Å². The van der Waals surface area contributed by atoms with Crippen LogP contribution < -0.4 is 10.4 Å². The highest BCUT2D eigenvalue weighted by Crippen LogP contribution is 2.24. The van der Waals surface area contributed by atoms with Crippen molar-refractivity contribution in [1.29, 1.82) is 0 Å². The minimum absolute atomic E-state index is 0.163. The van der Waals surface area contributed by atoms with Gasteiger partial charge in [-0.25, -0.2) is 9.89 Å². The number of hydrogen-bond donors (Lipinski definition) is 2. The summed E-state index contributed by atoms with van der Waals surface area (Å²) in [7, 11) is 0. The fourth-order valence-corrected chi connectivity index (χ4v) is 1.87. The number of hydrogen-bond acceptors (Lipinski definition) is 5. The molecule has 0 saturated heterocycles. The van der Waals surface area contributed by atoms with Crippen LogP contribution in [-0.2, 0) is 11.2 Å². The maximum Gasteiger partial charge on any atom is 0.364 e. The molecule has 0 fully saturated rings. The molecule has 3 aromatic rings. The summed E-state index contributed by atoms with van der Waals surface area (Å²) >= 11 is 0. The van der Waals surface area contributed by atoms with Gasteiger partial charge in [0.2, 0.25) is 5.88 Å². The third-order valence-electron chi connectivity index (χ3n) is 2.78. The number of carboxylic acid groups (broad SMARTS) is 1. The van der Waals surface area contributed by atoms with Gasteiger partial charge in [0.1, 0.15) is 5.75 Å². The van der Waals surface area contributed by atoms with Gasteiger partial charge in [0.05, 0.1) is 6.42 Å². The van der Waals surface area contributed by atoms with Crippen LogP contribution in [0.5, 0.6) is 11.6 Å². The van der Waals surface area contributed by atoms with Crippen molar-refractivity contribution < 1.29 is 14.6 Å². The number of rotatable bonds is 4. The monoisotopic (exact) mass is 286 g/mol. The summed E-state index contributed by atoms with van der Waals surface area (Å²) < 4.78 is 6.63. The van der Waals surface area contributed by atoms with Crippen LogP contribution in [0, 0.1) is 0 Å². The van der Waals surface area contributed by atoms with Crippen LogP contribution >= 0.6 is 0 Å². The first-order valence-electron chi connectivity index (χ1n) is 6.05. The Labute approximate surface area is 117 Å². The number of carboxylic acids is 1. The highest BCUT2D eigenvalue weighted by molar-refractivity contribution is 5.71. The Morgan fingerprint density at radius 2 is 2.10 bits per heavy atom. The number of nitrogens with zero attached hydrogens (tertiary/aromatic N) is 3. The average molecular weight is 286 g/mol. The number of fused-ring (bicyclic) bond motifs is 1. The summed E-state index contributed by atoms with van der Waals surface area (Å²) in [6.07, 6.45) is -0.163. The molecule has 0 aliphatic heterocycles. The molecule has 0 atom stereocenters. The van der Waals surface area contributed by atoms with Crippen molar-refractivity contribution >= 4 is 11.6 Å². The molecule has 1 aromatic carbocycles. The number of aromatic amines is 1. The van der Waals surface area contributed by atoms with E-state index in [1.807, 2.05) is 0 Å². The summed E-state index contributed by atoms with van der Waals surface area (Å²) in [6.45, 7) is 0. The molecule has 0 unspecified atom stereocenters. The Morgan fingerprint density at radius 1 is 1.29 bits per heavy atom. The Hall–Kier alpha value is -3.16. The SMILES string of the molecule is O=C(O)Cc1ccccc1Oc1ccc2n[nH]c(=O)n2n1. The topological polar surface area (TPSA) is 110 Å². The number of carbonyl (C=O) groups is 1. The van der Waals surface area contributed by atoms with E-state index in [1.165, 1.54) is 0 Å². The standard InChI is InChI=1S/C13H10N4O4/c18-12(19)7-8-3-1-2-4-9(8)21-11-6-5-10-14-15-13(20)17(10)16-11/h1-6H,7H2,(H,15,20)(H,18,19). The van der Waals surface area contributed by atoms with E-state index >= 15 is 0 Å². The summed E-state index contributed by atoms with van der Waals surface area (Å²) in [4.78, 5) is 22.3. The summed E-state index contributed by atoms with van der Waals surface area (Å²) in [6, 6.07) is 9.87. The first-order chi connectivity index (χ1) is 10.1. The van der Waals surface area contributed by atoms with E-state index in [0.29, 0.717) is 17.0 Å². The maximum atomic E-state index is 11.4. The largest absolute Gasteiger partial charge is 0.481 e. The van der Waals surface area contributed by atoms with Gasteiger partial charge in [-0.1, -0.05) is 18.2 Å². The highest BCUT2D eigenvalue weighted by Gasteiger charge is 2.10. The van der Waals surface area contributed by atoms with Crippen LogP contribution in [0.2, 0.25) is 0 Å². The number of aromatic nitrogens is 4. The van der Waals surface area contributed by atoms with Gasteiger partial charge in [0, 0.05) is 11.6 Å². The number of H-pyrrole nitrogens is 1. The second kappa shape index (κ2) is 5.08. The quantitative estimate of drug-likeness (QED) is 0.735. The fourth-order valence-electron chi connectivity index (χ4n) is 1.87. The molecule has 106 valence electrons. The molecular weight excluding hydrogens is 276 g/mol. The van der Waals surface area contributed by atoms with Crippen molar-refractivity contribution in [2.24, 2.45) is 0 Å². The van der Waals surface area contributed by atoms with Crippen molar-refractivity contribution in [2.75, 3.05) is 0 Å². The summed E-state index contributed by atoms with van der Waals surface area (Å²) in [5.74, 6) is -0.410. The van der Waals surface area contributed by atoms with Crippen LogP contribution in [0.25, 0.3) is 5.65 Å². The lowest BCUT2D eigenvalue weighted by molar-refractivity contribution is -0.136. The predicted octanol–water partition coefficient (Wildman–Crippen LogP) is 0.837. The molecule has 2 N–H and O–H groups in total. The molecular formula is C13H10N4O4. The lowest BCUT2D eigenvalue weighted by Crippen LogP contribution is -2.12. The molecule has 3 rings (SSSR count). The first kappa shape index (κ1) is 12.9. The van der Waals surface area contributed by atoms with Gasteiger partial charge in [-0.3, -0.25) is 4.79 Å². The second-order valence-corrected chi connectivity index (χ2v) is 4.25. The minimum atomic E-state index is -0.958. The lowest BCUT2D eigenvalue weighted by Gasteiger charge is -2.08. The molecule has 0 saturated carbocycles. The third kappa shape index (κ3) is 2.59. The lowest BCUT2D eigenvalue weighted by atomic mass is 10.1. The molecule has 0 spiro atoms.